The van der Waals surface area contributed by atoms with E-state index in [1.165, 1.54) is 11.3 Å². The fraction of sp³-hybridized carbons (Fsp3) is 0. The summed E-state index contributed by atoms with van der Waals surface area (Å²) in [6, 6.07) is 3.33. The summed E-state index contributed by atoms with van der Waals surface area (Å²) in [6.45, 7) is 0. The van der Waals surface area contributed by atoms with E-state index < -0.39 is 11.1 Å². The maximum atomic E-state index is 11.3. The monoisotopic (exact) mass is 286 g/mol. The molecule has 0 unspecified atom stereocenters. The van der Waals surface area contributed by atoms with Crippen molar-refractivity contribution in [2.45, 2.75) is 0 Å². The molecule has 0 saturated heterocycles. The Balaban J connectivity index is 2.65. The number of H-pyrrole nitrogens is 2. The van der Waals surface area contributed by atoms with Gasteiger partial charge in [0.2, 0.25) is 0 Å². The average Bonchev–Trinajstić information content (AvgIpc) is 2.58. The van der Waals surface area contributed by atoms with Gasteiger partial charge in [-0.05, 0) is 12.1 Å². The summed E-state index contributed by atoms with van der Waals surface area (Å²) >= 11 is 13.3. The Kier molecular flexibility index (Phi) is 2.29. The first kappa shape index (κ1) is 10.8. The Morgan fingerprint density at radius 3 is 2.53 bits per heavy atom. The highest BCUT2D eigenvalue weighted by molar-refractivity contribution is 7.26. The third-order valence-corrected chi connectivity index (χ3v) is 4.16. The number of hydrogen-bond acceptors (Lipinski definition) is 3. The molecular formula is C10H4Cl2N2O2S. The highest BCUT2D eigenvalue weighted by atomic mass is 35.5. The largest absolute Gasteiger partial charge is 0.315 e. The molecule has 0 saturated carbocycles. The van der Waals surface area contributed by atoms with Gasteiger partial charge in [0.1, 0.15) is 4.83 Å². The standard InChI is InChI=1S/C10H4Cl2N2O2S/c11-3-1-4-6-10(14-9(16)8(15)13-6)17-7(4)5(12)2-3/h1-2H,(H,13,15)(H,14,16). The van der Waals surface area contributed by atoms with Gasteiger partial charge in [0.25, 0.3) is 0 Å². The van der Waals surface area contributed by atoms with E-state index in [2.05, 4.69) is 9.97 Å². The molecule has 3 rings (SSSR count). The summed E-state index contributed by atoms with van der Waals surface area (Å²) in [4.78, 5) is 28.1. The van der Waals surface area contributed by atoms with Crippen molar-refractivity contribution in [2.24, 2.45) is 0 Å². The SMILES string of the molecule is O=c1[nH]c2sc3c(Cl)cc(Cl)cc3c2[nH]c1=O. The zero-order valence-electron chi connectivity index (χ0n) is 8.14. The highest BCUT2D eigenvalue weighted by Gasteiger charge is 2.11. The summed E-state index contributed by atoms with van der Waals surface area (Å²) in [6.07, 6.45) is 0. The molecule has 2 heterocycles. The fourth-order valence-corrected chi connectivity index (χ4v) is 3.31. The van der Waals surface area contributed by atoms with E-state index in [9.17, 15) is 9.59 Å². The first-order chi connectivity index (χ1) is 8.06. The molecule has 4 nitrogen and oxygen atoms in total. The van der Waals surface area contributed by atoms with Crippen LogP contribution in [0.4, 0.5) is 0 Å². The smallest absolute Gasteiger partial charge is 0.314 e. The van der Waals surface area contributed by atoms with Crippen LogP contribution in [0.1, 0.15) is 0 Å². The van der Waals surface area contributed by atoms with Crippen molar-refractivity contribution in [1.29, 1.82) is 0 Å². The molecule has 0 spiro atoms. The molecule has 17 heavy (non-hydrogen) atoms. The minimum Gasteiger partial charge on any atom is -0.315 e. The Morgan fingerprint density at radius 2 is 1.76 bits per heavy atom. The summed E-state index contributed by atoms with van der Waals surface area (Å²) in [5.74, 6) is 0. The Labute approximate surface area is 108 Å². The average molecular weight is 287 g/mol. The highest BCUT2D eigenvalue weighted by Crippen LogP contribution is 2.37. The van der Waals surface area contributed by atoms with Crippen LogP contribution in [-0.4, -0.2) is 9.97 Å². The van der Waals surface area contributed by atoms with Crippen LogP contribution in [0.25, 0.3) is 20.4 Å². The predicted molar refractivity (Wildman–Crippen MR) is 70.6 cm³/mol. The topological polar surface area (TPSA) is 65.7 Å². The van der Waals surface area contributed by atoms with Crippen LogP contribution in [0.15, 0.2) is 21.7 Å². The van der Waals surface area contributed by atoms with Crippen LogP contribution in [0.3, 0.4) is 0 Å². The minimum atomic E-state index is -0.687. The third-order valence-electron chi connectivity index (χ3n) is 2.38. The number of benzene rings is 1. The van der Waals surface area contributed by atoms with Gasteiger partial charge in [0, 0.05) is 10.4 Å². The van der Waals surface area contributed by atoms with Gasteiger partial charge in [-0.1, -0.05) is 23.2 Å². The third kappa shape index (κ3) is 1.58. The van der Waals surface area contributed by atoms with E-state index in [1.54, 1.807) is 12.1 Å². The molecule has 1 aromatic carbocycles. The minimum absolute atomic E-state index is 0.481. The van der Waals surface area contributed by atoms with E-state index in [0.29, 0.717) is 20.4 Å². The van der Waals surface area contributed by atoms with Crippen LogP contribution in [-0.2, 0) is 0 Å². The van der Waals surface area contributed by atoms with Crippen LogP contribution in [0, 0.1) is 0 Å². The molecule has 2 aromatic heterocycles. The second-order valence-electron chi connectivity index (χ2n) is 3.48. The lowest BCUT2D eigenvalue weighted by Gasteiger charge is -1.95. The molecule has 0 aliphatic carbocycles. The lowest BCUT2D eigenvalue weighted by Crippen LogP contribution is -2.28. The summed E-state index contributed by atoms with van der Waals surface area (Å²) in [5.41, 5.74) is -0.807. The Morgan fingerprint density at radius 1 is 1.06 bits per heavy atom. The van der Waals surface area contributed by atoms with Gasteiger partial charge in [-0.15, -0.1) is 11.3 Å². The summed E-state index contributed by atoms with van der Waals surface area (Å²) < 4.78 is 0.781. The van der Waals surface area contributed by atoms with Crippen LogP contribution < -0.4 is 11.1 Å². The van der Waals surface area contributed by atoms with Gasteiger partial charge in [-0.3, -0.25) is 9.59 Å². The first-order valence-electron chi connectivity index (χ1n) is 4.60. The van der Waals surface area contributed by atoms with Gasteiger partial charge in [0.05, 0.1) is 15.2 Å². The molecule has 0 amide bonds. The van der Waals surface area contributed by atoms with E-state index >= 15 is 0 Å². The van der Waals surface area contributed by atoms with Crippen LogP contribution in [0.2, 0.25) is 10.0 Å². The predicted octanol–water partition coefficient (Wildman–Crippen LogP) is 2.74. The van der Waals surface area contributed by atoms with Crippen molar-refractivity contribution in [3.63, 3.8) is 0 Å². The fourth-order valence-electron chi connectivity index (χ4n) is 1.67. The van der Waals surface area contributed by atoms with Crippen molar-refractivity contribution in [1.82, 2.24) is 9.97 Å². The number of hydrogen-bond donors (Lipinski definition) is 2. The molecule has 0 atom stereocenters. The molecule has 0 radical (unpaired) electrons. The van der Waals surface area contributed by atoms with Crippen molar-refractivity contribution in [2.75, 3.05) is 0 Å². The second kappa shape index (κ2) is 3.60. The molecule has 2 N–H and O–H groups in total. The maximum absolute atomic E-state index is 11.3. The number of aromatic amines is 2. The number of fused-ring (bicyclic) bond motifs is 3. The van der Waals surface area contributed by atoms with Crippen LogP contribution >= 0.6 is 34.5 Å². The van der Waals surface area contributed by atoms with Crippen LogP contribution in [0.5, 0.6) is 0 Å². The number of halogens is 2. The van der Waals surface area contributed by atoms with Crippen molar-refractivity contribution in [3.8, 4) is 0 Å². The van der Waals surface area contributed by atoms with Gasteiger partial charge < -0.3 is 9.97 Å². The maximum Gasteiger partial charge on any atom is 0.314 e. The molecule has 0 fully saturated rings. The normalized spacial score (nSPS) is 11.4. The molecule has 3 aromatic rings. The molecule has 7 heteroatoms. The van der Waals surface area contributed by atoms with Crippen molar-refractivity contribution >= 4 is 55.0 Å². The lowest BCUT2D eigenvalue weighted by molar-refractivity contribution is 1.16. The van der Waals surface area contributed by atoms with E-state index in [0.717, 1.165) is 10.1 Å². The van der Waals surface area contributed by atoms with Crippen molar-refractivity contribution in [3.05, 3.63) is 42.9 Å². The van der Waals surface area contributed by atoms with Gasteiger partial charge >= 0.3 is 11.1 Å². The molecule has 0 aliphatic rings. The summed E-state index contributed by atoms with van der Waals surface area (Å²) in [5, 5.41) is 1.71. The quantitative estimate of drug-likeness (QED) is 0.624. The van der Waals surface area contributed by atoms with Crippen molar-refractivity contribution < 1.29 is 0 Å². The Hall–Kier alpha value is -1.30. The number of aromatic nitrogens is 2. The number of rotatable bonds is 0. The zero-order valence-corrected chi connectivity index (χ0v) is 10.5. The Bertz CT molecular complexity index is 862. The number of thiophene rings is 1. The lowest BCUT2D eigenvalue weighted by atomic mass is 10.2. The second-order valence-corrected chi connectivity index (χ2v) is 5.34. The zero-order chi connectivity index (χ0) is 12.2. The molecule has 0 aliphatic heterocycles. The van der Waals surface area contributed by atoms with Gasteiger partial charge in [-0.2, -0.15) is 0 Å². The summed E-state index contributed by atoms with van der Waals surface area (Å²) in [7, 11) is 0. The van der Waals surface area contributed by atoms with E-state index in [-0.39, 0.29) is 0 Å². The number of nitrogens with one attached hydrogen (secondary N) is 2. The molecule has 0 bridgehead atoms. The van der Waals surface area contributed by atoms with E-state index in [4.69, 9.17) is 23.2 Å². The first-order valence-corrected chi connectivity index (χ1v) is 6.17. The molecule has 86 valence electrons. The van der Waals surface area contributed by atoms with Gasteiger partial charge in [-0.25, -0.2) is 0 Å². The van der Waals surface area contributed by atoms with E-state index in [1.807, 2.05) is 0 Å². The molecular weight excluding hydrogens is 283 g/mol. The van der Waals surface area contributed by atoms with Gasteiger partial charge in [0.15, 0.2) is 0 Å².